The van der Waals surface area contributed by atoms with Gasteiger partial charge in [0.2, 0.25) is 0 Å². The van der Waals surface area contributed by atoms with Gasteiger partial charge in [0.05, 0.1) is 17.2 Å². The zero-order chi connectivity index (χ0) is 11.6. The first-order chi connectivity index (χ1) is 7.72. The maximum absolute atomic E-state index is 5.75. The SMILES string of the molecule is COc1ccc(C2(OC)CCCC2)cc1Br. The van der Waals surface area contributed by atoms with Crippen LogP contribution in [0.25, 0.3) is 0 Å². The molecule has 0 aliphatic heterocycles. The minimum absolute atomic E-state index is 0.0746. The lowest BCUT2D eigenvalue weighted by atomic mass is 9.92. The monoisotopic (exact) mass is 284 g/mol. The van der Waals surface area contributed by atoms with Crippen molar-refractivity contribution in [3.05, 3.63) is 28.2 Å². The van der Waals surface area contributed by atoms with Crippen molar-refractivity contribution >= 4 is 15.9 Å². The standard InChI is InChI=1S/C13H17BrO2/c1-15-12-6-5-10(9-11(12)14)13(16-2)7-3-4-8-13/h5-6,9H,3-4,7-8H2,1-2H3. The van der Waals surface area contributed by atoms with Gasteiger partial charge < -0.3 is 9.47 Å². The largest absolute Gasteiger partial charge is 0.496 e. The third-order valence-corrected chi connectivity index (χ3v) is 4.10. The van der Waals surface area contributed by atoms with E-state index in [2.05, 4.69) is 28.1 Å². The lowest BCUT2D eigenvalue weighted by Crippen LogP contribution is -2.24. The van der Waals surface area contributed by atoms with Gasteiger partial charge in [-0.25, -0.2) is 0 Å². The molecule has 2 rings (SSSR count). The van der Waals surface area contributed by atoms with Crippen LogP contribution in [0.2, 0.25) is 0 Å². The molecule has 88 valence electrons. The van der Waals surface area contributed by atoms with Crippen molar-refractivity contribution in [2.45, 2.75) is 31.3 Å². The first-order valence-corrected chi connectivity index (χ1v) is 6.40. The highest BCUT2D eigenvalue weighted by atomic mass is 79.9. The van der Waals surface area contributed by atoms with Gasteiger partial charge in [-0.1, -0.05) is 18.9 Å². The third-order valence-electron chi connectivity index (χ3n) is 3.48. The van der Waals surface area contributed by atoms with Gasteiger partial charge in [0.1, 0.15) is 5.75 Å². The quantitative estimate of drug-likeness (QED) is 0.839. The van der Waals surface area contributed by atoms with Crippen LogP contribution in [0.4, 0.5) is 0 Å². The fraction of sp³-hybridized carbons (Fsp3) is 0.538. The Morgan fingerprint density at radius 3 is 2.38 bits per heavy atom. The summed E-state index contributed by atoms with van der Waals surface area (Å²) >= 11 is 3.53. The predicted octanol–water partition coefficient (Wildman–Crippen LogP) is 3.87. The first kappa shape index (κ1) is 11.9. The molecule has 0 unspecified atom stereocenters. The molecule has 0 amide bonds. The summed E-state index contributed by atoms with van der Waals surface area (Å²) in [5, 5.41) is 0. The van der Waals surface area contributed by atoms with Crippen LogP contribution in [0.15, 0.2) is 22.7 Å². The number of hydrogen-bond acceptors (Lipinski definition) is 2. The lowest BCUT2D eigenvalue weighted by Gasteiger charge is -2.28. The zero-order valence-electron chi connectivity index (χ0n) is 9.75. The molecule has 0 bridgehead atoms. The van der Waals surface area contributed by atoms with E-state index in [4.69, 9.17) is 9.47 Å². The van der Waals surface area contributed by atoms with Gasteiger partial charge in [-0.2, -0.15) is 0 Å². The first-order valence-electron chi connectivity index (χ1n) is 5.61. The van der Waals surface area contributed by atoms with E-state index >= 15 is 0 Å². The summed E-state index contributed by atoms with van der Waals surface area (Å²) in [6.45, 7) is 0. The smallest absolute Gasteiger partial charge is 0.133 e. The van der Waals surface area contributed by atoms with Crippen molar-refractivity contribution in [3.63, 3.8) is 0 Å². The van der Waals surface area contributed by atoms with Crippen molar-refractivity contribution in [1.82, 2.24) is 0 Å². The second-order valence-electron chi connectivity index (χ2n) is 4.25. The van der Waals surface area contributed by atoms with E-state index in [-0.39, 0.29) is 5.60 Å². The third kappa shape index (κ3) is 1.98. The number of methoxy groups -OCH3 is 2. The Morgan fingerprint density at radius 2 is 1.88 bits per heavy atom. The minimum atomic E-state index is -0.0746. The van der Waals surface area contributed by atoms with Crippen molar-refractivity contribution in [2.24, 2.45) is 0 Å². The van der Waals surface area contributed by atoms with Gasteiger partial charge >= 0.3 is 0 Å². The summed E-state index contributed by atoms with van der Waals surface area (Å²) in [6.07, 6.45) is 4.72. The van der Waals surface area contributed by atoms with Crippen LogP contribution < -0.4 is 4.74 Å². The average Bonchev–Trinajstić information content (AvgIpc) is 2.78. The molecule has 0 N–H and O–H groups in total. The van der Waals surface area contributed by atoms with Crippen LogP contribution in [-0.4, -0.2) is 14.2 Å². The Labute approximate surface area is 105 Å². The van der Waals surface area contributed by atoms with Crippen LogP contribution >= 0.6 is 15.9 Å². The Kier molecular flexibility index (Phi) is 3.55. The molecule has 3 heteroatoms. The summed E-state index contributed by atoms with van der Waals surface area (Å²) in [6, 6.07) is 6.23. The van der Waals surface area contributed by atoms with Gasteiger partial charge in [0, 0.05) is 7.11 Å². The van der Waals surface area contributed by atoms with Gasteiger partial charge in [0.25, 0.3) is 0 Å². The molecular formula is C13H17BrO2. The van der Waals surface area contributed by atoms with E-state index in [0.29, 0.717) is 0 Å². The van der Waals surface area contributed by atoms with Gasteiger partial charge in [0.15, 0.2) is 0 Å². The highest BCUT2D eigenvalue weighted by molar-refractivity contribution is 9.10. The summed E-state index contributed by atoms with van der Waals surface area (Å²) in [5.41, 5.74) is 1.18. The van der Waals surface area contributed by atoms with E-state index < -0.39 is 0 Å². The van der Waals surface area contributed by atoms with Crippen molar-refractivity contribution in [2.75, 3.05) is 14.2 Å². The highest BCUT2D eigenvalue weighted by Crippen LogP contribution is 2.43. The summed E-state index contributed by atoms with van der Waals surface area (Å²) in [4.78, 5) is 0. The normalized spacial score (nSPS) is 18.7. The number of benzene rings is 1. The molecule has 0 saturated heterocycles. The molecule has 1 aliphatic rings. The highest BCUT2D eigenvalue weighted by Gasteiger charge is 2.35. The van der Waals surface area contributed by atoms with E-state index in [1.807, 2.05) is 13.2 Å². The summed E-state index contributed by atoms with van der Waals surface area (Å²) in [7, 11) is 3.49. The average molecular weight is 285 g/mol. The molecule has 1 aromatic rings. The van der Waals surface area contributed by atoms with Crippen LogP contribution in [0.5, 0.6) is 5.75 Å². The Morgan fingerprint density at radius 1 is 1.19 bits per heavy atom. The van der Waals surface area contributed by atoms with Crippen LogP contribution in [0.3, 0.4) is 0 Å². The maximum atomic E-state index is 5.75. The number of halogens is 1. The van der Waals surface area contributed by atoms with Crippen LogP contribution in [0.1, 0.15) is 31.2 Å². The molecule has 0 radical (unpaired) electrons. The molecule has 1 aliphatic carbocycles. The van der Waals surface area contributed by atoms with Crippen LogP contribution in [-0.2, 0) is 10.3 Å². The van der Waals surface area contributed by atoms with Crippen molar-refractivity contribution in [1.29, 1.82) is 0 Å². The van der Waals surface area contributed by atoms with Crippen molar-refractivity contribution < 1.29 is 9.47 Å². The number of ether oxygens (including phenoxy) is 2. The van der Waals surface area contributed by atoms with Crippen molar-refractivity contribution in [3.8, 4) is 5.75 Å². The molecule has 2 nitrogen and oxygen atoms in total. The number of hydrogen-bond donors (Lipinski definition) is 0. The second kappa shape index (κ2) is 4.76. The molecule has 1 fully saturated rings. The zero-order valence-corrected chi connectivity index (χ0v) is 11.3. The summed E-state index contributed by atoms with van der Waals surface area (Å²) < 4.78 is 12.0. The lowest BCUT2D eigenvalue weighted by molar-refractivity contribution is -0.00877. The molecule has 0 heterocycles. The Hall–Kier alpha value is -0.540. The fourth-order valence-electron chi connectivity index (χ4n) is 2.51. The maximum Gasteiger partial charge on any atom is 0.133 e. The topological polar surface area (TPSA) is 18.5 Å². The van der Waals surface area contributed by atoms with Gasteiger partial charge in [-0.05, 0) is 46.5 Å². The molecule has 0 spiro atoms. The fourth-order valence-corrected chi connectivity index (χ4v) is 3.05. The van der Waals surface area contributed by atoms with Gasteiger partial charge in [-0.15, -0.1) is 0 Å². The van der Waals surface area contributed by atoms with E-state index in [1.165, 1.54) is 18.4 Å². The predicted molar refractivity (Wildman–Crippen MR) is 67.8 cm³/mol. The molecule has 0 aromatic heterocycles. The van der Waals surface area contributed by atoms with Crippen LogP contribution in [0, 0.1) is 0 Å². The van der Waals surface area contributed by atoms with E-state index in [0.717, 1.165) is 23.1 Å². The van der Waals surface area contributed by atoms with E-state index in [9.17, 15) is 0 Å². The molecule has 0 atom stereocenters. The molecule has 1 aromatic carbocycles. The summed E-state index contributed by atoms with van der Waals surface area (Å²) in [5.74, 6) is 0.869. The molecular weight excluding hydrogens is 268 g/mol. The number of rotatable bonds is 3. The second-order valence-corrected chi connectivity index (χ2v) is 5.11. The van der Waals surface area contributed by atoms with Gasteiger partial charge in [-0.3, -0.25) is 0 Å². The molecule has 1 saturated carbocycles. The minimum Gasteiger partial charge on any atom is -0.496 e. The Balaban J connectivity index is 2.36. The Bertz CT molecular complexity index is 370. The van der Waals surface area contributed by atoms with E-state index in [1.54, 1.807) is 7.11 Å². The molecule has 16 heavy (non-hydrogen) atoms.